The van der Waals surface area contributed by atoms with Crippen LogP contribution in [0.2, 0.25) is 0 Å². The number of anilines is 2. The lowest BCUT2D eigenvalue weighted by Crippen LogP contribution is -2.36. The molecule has 0 saturated carbocycles. The number of aromatic nitrogens is 4. The lowest BCUT2D eigenvalue weighted by atomic mass is 10.4. The van der Waals surface area contributed by atoms with Gasteiger partial charge in [-0.05, 0) is 0 Å². The quantitative estimate of drug-likeness (QED) is 0.545. The zero-order valence-electron chi connectivity index (χ0n) is 15.6. The zero-order valence-corrected chi connectivity index (χ0v) is 18.0. The van der Waals surface area contributed by atoms with Crippen molar-refractivity contribution in [3.63, 3.8) is 0 Å². The van der Waals surface area contributed by atoms with Gasteiger partial charge in [0.05, 0.1) is 25.7 Å². The van der Waals surface area contributed by atoms with Gasteiger partial charge >= 0.3 is 0 Å². The van der Waals surface area contributed by atoms with Gasteiger partial charge in [0.1, 0.15) is 11.6 Å². The lowest BCUT2D eigenvalue weighted by molar-refractivity contribution is 0.122. The molecule has 4 rings (SSSR count). The van der Waals surface area contributed by atoms with Gasteiger partial charge in [-0.2, -0.15) is 20.0 Å². The summed E-state index contributed by atoms with van der Waals surface area (Å²) >= 11 is 2.52. The van der Waals surface area contributed by atoms with E-state index in [0.29, 0.717) is 36.6 Å². The molecule has 30 heavy (non-hydrogen) atoms. The molecule has 1 N–H and O–H groups in total. The second-order valence-electron chi connectivity index (χ2n) is 6.04. The fraction of sp³-hybridized carbons (Fsp3) is 0.333. The number of nitrogens with one attached hydrogen (secondary N) is 1. The summed E-state index contributed by atoms with van der Waals surface area (Å²) in [5.74, 6) is 0.269. The summed E-state index contributed by atoms with van der Waals surface area (Å²) < 4.78 is 32.7. The Hall–Kier alpha value is -2.93. The van der Waals surface area contributed by atoms with Gasteiger partial charge < -0.3 is 9.64 Å². The van der Waals surface area contributed by atoms with E-state index in [-0.39, 0.29) is 22.2 Å². The minimum Gasteiger partial charge on any atom is -0.378 e. The molecule has 0 amide bonds. The second-order valence-corrected chi connectivity index (χ2v) is 9.62. The molecule has 0 spiro atoms. The maximum Gasteiger partial charge on any atom is 0.231 e. The van der Waals surface area contributed by atoms with Crippen LogP contribution in [0.1, 0.15) is 5.56 Å². The van der Waals surface area contributed by atoms with Gasteiger partial charge in [-0.25, -0.2) is 13.4 Å². The van der Waals surface area contributed by atoms with Gasteiger partial charge in [-0.1, -0.05) is 11.3 Å². The van der Waals surface area contributed by atoms with E-state index in [1.807, 2.05) is 11.0 Å². The Morgan fingerprint density at radius 2 is 2.10 bits per heavy atom. The molecule has 0 aromatic carbocycles. The molecule has 12 nitrogen and oxygen atoms in total. The van der Waals surface area contributed by atoms with E-state index in [1.54, 1.807) is 11.6 Å². The first-order valence-electron chi connectivity index (χ1n) is 8.55. The van der Waals surface area contributed by atoms with Crippen LogP contribution in [0.25, 0.3) is 5.13 Å². The molecule has 3 aromatic rings. The standard InChI is InChI=1S/C15H15N9O3S3/c1-30(25,26)22-11-13(29-15(19-11)23-3-5-27-6-4-23)21-20-12-10(8-16)9-18-24(12)14-17-2-7-28-14/h2,7,9,22H,3-6H2,1H3/b21-20+. The first-order valence-corrected chi connectivity index (χ1v) is 12.1. The molecule has 4 heterocycles. The minimum absolute atomic E-state index is 0.0755. The molecule has 0 aliphatic carbocycles. The van der Waals surface area contributed by atoms with Crippen molar-refractivity contribution in [2.24, 2.45) is 10.2 Å². The van der Waals surface area contributed by atoms with E-state index in [4.69, 9.17) is 4.74 Å². The summed E-state index contributed by atoms with van der Waals surface area (Å²) in [6.07, 6.45) is 4.02. The largest absolute Gasteiger partial charge is 0.378 e. The zero-order chi connectivity index (χ0) is 21.1. The first kappa shape index (κ1) is 20.3. The molecule has 3 aromatic heterocycles. The maximum atomic E-state index is 11.8. The predicted molar refractivity (Wildman–Crippen MR) is 112 cm³/mol. The maximum absolute atomic E-state index is 11.8. The van der Waals surface area contributed by atoms with E-state index in [2.05, 4.69) is 30.0 Å². The minimum atomic E-state index is -3.57. The summed E-state index contributed by atoms with van der Waals surface area (Å²) in [6, 6.07) is 2.02. The van der Waals surface area contributed by atoms with E-state index >= 15 is 0 Å². The molecule has 1 fully saturated rings. The lowest BCUT2D eigenvalue weighted by Gasteiger charge is -2.25. The van der Waals surface area contributed by atoms with Crippen LogP contribution in [0.4, 0.5) is 21.8 Å². The highest BCUT2D eigenvalue weighted by Gasteiger charge is 2.21. The predicted octanol–water partition coefficient (Wildman–Crippen LogP) is 2.28. The summed E-state index contributed by atoms with van der Waals surface area (Å²) in [5, 5.41) is 25.0. The van der Waals surface area contributed by atoms with Crippen LogP contribution in [0.3, 0.4) is 0 Å². The van der Waals surface area contributed by atoms with Crippen molar-refractivity contribution in [1.29, 1.82) is 5.26 Å². The monoisotopic (exact) mass is 465 g/mol. The SMILES string of the molecule is CS(=O)(=O)Nc1nc(N2CCOCC2)sc1/N=N/c1c(C#N)cnn1-c1nccs1. The fourth-order valence-electron chi connectivity index (χ4n) is 2.57. The van der Waals surface area contributed by atoms with Crippen LogP contribution in [-0.4, -0.2) is 60.7 Å². The summed E-state index contributed by atoms with van der Waals surface area (Å²) in [5.41, 5.74) is 0.212. The van der Waals surface area contributed by atoms with Gasteiger partial charge in [-0.3, -0.25) is 4.72 Å². The van der Waals surface area contributed by atoms with Crippen LogP contribution >= 0.6 is 22.7 Å². The highest BCUT2D eigenvalue weighted by molar-refractivity contribution is 7.92. The Balaban J connectivity index is 1.72. The van der Waals surface area contributed by atoms with Crippen molar-refractivity contribution in [2.45, 2.75) is 0 Å². The van der Waals surface area contributed by atoms with Gasteiger partial charge in [0.25, 0.3) is 0 Å². The molecule has 1 aliphatic rings. The first-order chi connectivity index (χ1) is 14.4. The molecule has 0 radical (unpaired) electrons. The van der Waals surface area contributed by atoms with E-state index < -0.39 is 10.0 Å². The third kappa shape index (κ3) is 4.46. The van der Waals surface area contributed by atoms with Crippen molar-refractivity contribution in [1.82, 2.24) is 19.7 Å². The second kappa shape index (κ2) is 8.44. The molecular weight excluding hydrogens is 450 g/mol. The number of hydrogen-bond donors (Lipinski definition) is 1. The smallest absolute Gasteiger partial charge is 0.231 e. The Morgan fingerprint density at radius 1 is 1.30 bits per heavy atom. The number of azo groups is 1. The normalized spacial score (nSPS) is 14.9. The van der Waals surface area contributed by atoms with Crippen LogP contribution in [0.5, 0.6) is 0 Å². The van der Waals surface area contributed by atoms with Gasteiger partial charge in [0.15, 0.2) is 21.8 Å². The molecule has 0 atom stereocenters. The highest BCUT2D eigenvalue weighted by atomic mass is 32.2. The van der Waals surface area contributed by atoms with Crippen molar-refractivity contribution in [2.75, 3.05) is 42.2 Å². The Kier molecular flexibility index (Phi) is 5.72. The summed E-state index contributed by atoms with van der Waals surface area (Å²) in [7, 11) is -3.57. The van der Waals surface area contributed by atoms with E-state index in [9.17, 15) is 13.7 Å². The van der Waals surface area contributed by atoms with Crippen molar-refractivity contribution >= 4 is 54.5 Å². The molecular formula is C15H15N9O3S3. The number of morpholine rings is 1. The summed E-state index contributed by atoms with van der Waals surface area (Å²) in [6.45, 7) is 2.39. The van der Waals surface area contributed by atoms with Gasteiger partial charge in [-0.15, -0.1) is 21.6 Å². The van der Waals surface area contributed by atoms with Gasteiger partial charge in [0, 0.05) is 24.7 Å². The van der Waals surface area contributed by atoms with Crippen LogP contribution in [0.15, 0.2) is 28.0 Å². The number of nitriles is 1. The Labute approximate surface area is 179 Å². The third-order valence-corrected chi connectivity index (χ3v) is 6.17. The number of ether oxygens (including phenoxy) is 1. The Bertz CT molecular complexity index is 1200. The highest BCUT2D eigenvalue weighted by Crippen LogP contribution is 2.39. The molecule has 0 bridgehead atoms. The Morgan fingerprint density at radius 3 is 2.77 bits per heavy atom. The van der Waals surface area contributed by atoms with Crippen LogP contribution < -0.4 is 9.62 Å². The third-order valence-electron chi connectivity index (χ3n) is 3.86. The fourth-order valence-corrected chi connectivity index (χ4v) is 4.62. The van der Waals surface area contributed by atoms with Crippen molar-refractivity contribution in [3.8, 4) is 11.2 Å². The average Bonchev–Trinajstić information content (AvgIpc) is 3.45. The van der Waals surface area contributed by atoms with Crippen molar-refractivity contribution < 1.29 is 13.2 Å². The number of hydrogen-bond acceptors (Lipinski definition) is 12. The molecule has 1 saturated heterocycles. The topological polar surface area (TPSA) is 151 Å². The average molecular weight is 466 g/mol. The molecule has 156 valence electrons. The molecule has 15 heteroatoms. The molecule has 0 unspecified atom stereocenters. The number of nitrogens with zero attached hydrogens (tertiary/aromatic N) is 8. The molecule has 1 aliphatic heterocycles. The number of sulfonamides is 1. The van der Waals surface area contributed by atoms with Crippen LogP contribution in [0, 0.1) is 11.3 Å². The van der Waals surface area contributed by atoms with Crippen molar-refractivity contribution in [3.05, 3.63) is 23.3 Å². The van der Waals surface area contributed by atoms with Crippen LogP contribution in [-0.2, 0) is 14.8 Å². The number of rotatable bonds is 6. The summed E-state index contributed by atoms with van der Waals surface area (Å²) in [4.78, 5) is 10.5. The van der Waals surface area contributed by atoms with E-state index in [1.165, 1.54) is 33.6 Å². The van der Waals surface area contributed by atoms with Gasteiger partial charge in [0.2, 0.25) is 15.2 Å². The van der Waals surface area contributed by atoms with E-state index in [0.717, 1.165) is 6.26 Å². The number of thiazole rings is 2.